The summed E-state index contributed by atoms with van der Waals surface area (Å²) in [6.45, 7) is 7.70. The molecule has 2 rings (SSSR count). The second-order valence-electron chi connectivity index (χ2n) is 5.53. The summed E-state index contributed by atoms with van der Waals surface area (Å²) < 4.78 is 0. The standard InChI is InChI=1S/C15H22N2O/c1-10(2)11(3)15(18)17-8-7-13-12(9-17)5-4-6-14(13)16/h4-6,10-11H,7-9,16H2,1-3H3. The van der Waals surface area contributed by atoms with Crippen LogP contribution in [0.5, 0.6) is 0 Å². The maximum absolute atomic E-state index is 12.3. The lowest BCUT2D eigenvalue weighted by molar-refractivity contribution is -0.137. The molecule has 1 unspecified atom stereocenters. The molecular formula is C15H22N2O. The fourth-order valence-electron chi connectivity index (χ4n) is 2.40. The predicted octanol–water partition coefficient (Wildman–Crippen LogP) is 2.45. The van der Waals surface area contributed by atoms with Gasteiger partial charge in [-0.25, -0.2) is 0 Å². The van der Waals surface area contributed by atoms with Crippen molar-refractivity contribution in [1.82, 2.24) is 4.90 Å². The molecule has 1 aromatic carbocycles. The average molecular weight is 246 g/mol. The summed E-state index contributed by atoms with van der Waals surface area (Å²) in [6.07, 6.45) is 0.874. The zero-order valence-electron chi connectivity index (χ0n) is 11.4. The molecule has 1 aliphatic heterocycles. The number of rotatable bonds is 2. The molecule has 0 spiro atoms. The van der Waals surface area contributed by atoms with E-state index in [4.69, 9.17) is 5.73 Å². The molecule has 0 aromatic heterocycles. The van der Waals surface area contributed by atoms with E-state index >= 15 is 0 Å². The highest BCUT2D eigenvalue weighted by atomic mass is 16.2. The van der Waals surface area contributed by atoms with Crippen LogP contribution < -0.4 is 5.73 Å². The molecule has 1 heterocycles. The van der Waals surface area contributed by atoms with Gasteiger partial charge in [0.15, 0.2) is 0 Å². The van der Waals surface area contributed by atoms with E-state index in [0.717, 1.165) is 18.7 Å². The number of nitrogens with zero attached hydrogens (tertiary/aromatic N) is 1. The summed E-state index contributed by atoms with van der Waals surface area (Å²) in [7, 11) is 0. The van der Waals surface area contributed by atoms with Gasteiger partial charge in [-0.1, -0.05) is 32.9 Å². The van der Waals surface area contributed by atoms with E-state index in [2.05, 4.69) is 19.9 Å². The van der Waals surface area contributed by atoms with E-state index in [1.165, 1.54) is 11.1 Å². The van der Waals surface area contributed by atoms with Gasteiger partial charge in [0.05, 0.1) is 0 Å². The second-order valence-corrected chi connectivity index (χ2v) is 5.53. The molecule has 0 bridgehead atoms. The highest BCUT2D eigenvalue weighted by Crippen LogP contribution is 2.25. The van der Waals surface area contributed by atoms with Crippen molar-refractivity contribution in [3.63, 3.8) is 0 Å². The number of hydrogen-bond acceptors (Lipinski definition) is 2. The van der Waals surface area contributed by atoms with Crippen molar-refractivity contribution in [2.45, 2.75) is 33.7 Å². The normalized spacial score (nSPS) is 16.6. The van der Waals surface area contributed by atoms with Crippen LogP contribution in [0.15, 0.2) is 18.2 Å². The molecule has 1 amide bonds. The Balaban J connectivity index is 2.15. The van der Waals surface area contributed by atoms with Crippen molar-refractivity contribution in [2.75, 3.05) is 12.3 Å². The van der Waals surface area contributed by atoms with E-state index in [1.54, 1.807) is 0 Å². The Morgan fingerprint density at radius 3 is 2.72 bits per heavy atom. The highest BCUT2D eigenvalue weighted by Gasteiger charge is 2.26. The van der Waals surface area contributed by atoms with Crippen molar-refractivity contribution >= 4 is 11.6 Å². The maximum atomic E-state index is 12.3. The summed E-state index contributed by atoms with van der Waals surface area (Å²) in [5.41, 5.74) is 9.25. The molecule has 2 N–H and O–H groups in total. The molecule has 1 aliphatic rings. The number of hydrogen-bond donors (Lipinski definition) is 1. The molecule has 0 radical (unpaired) electrons. The van der Waals surface area contributed by atoms with E-state index in [9.17, 15) is 4.79 Å². The van der Waals surface area contributed by atoms with Gasteiger partial charge < -0.3 is 10.6 Å². The largest absolute Gasteiger partial charge is 0.398 e. The number of benzene rings is 1. The van der Waals surface area contributed by atoms with Crippen LogP contribution in [-0.2, 0) is 17.8 Å². The lowest BCUT2D eigenvalue weighted by atomic mass is 9.93. The Bertz CT molecular complexity index is 454. The van der Waals surface area contributed by atoms with Crippen LogP contribution in [0.1, 0.15) is 31.9 Å². The molecule has 3 heteroatoms. The number of fused-ring (bicyclic) bond motifs is 1. The maximum Gasteiger partial charge on any atom is 0.225 e. The number of amides is 1. The number of carbonyl (C=O) groups excluding carboxylic acids is 1. The van der Waals surface area contributed by atoms with E-state index in [-0.39, 0.29) is 11.8 Å². The lowest BCUT2D eigenvalue weighted by Gasteiger charge is -2.32. The Kier molecular flexibility index (Phi) is 3.60. The fraction of sp³-hybridized carbons (Fsp3) is 0.533. The molecule has 0 saturated carbocycles. The second kappa shape index (κ2) is 5.01. The number of nitrogen functional groups attached to an aromatic ring is 1. The average Bonchev–Trinajstić information content (AvgIpc) is 2.36. The van der Waals surface area contributed by atoms with Crippen LogP contribution in [0, 0.1) is 11.8 Å². The Hall–Kier alpha value is -1.51. The van der Waals surface area contributed by atoms with E-state index < -0.39 is 0 Å². The first-order valence-electron chi connectivity index (χ1n) is 6.65. The summed E-state index contributed by atoms with van der Waals surface area (Å²) in [5, 5.41) is 0. The monoisotopic (exact) mass is 246 g/mol. The first kappa shape index (κ1) is 12.9. The molecule has 98 valence electrons. The van der Waals surface area contributed by atoms with Crippen LogP contribution in [0.4, 0.5) is 5.69 Å². The zero-order chi connectivity index (χ0) is 13.3. The third-order valence-corrected chi connectivity index (χ3v) is 4.00. The fourth-order valence-corrected chi connectivity index (χ4v) is 2.40. The third-order valence-electron chi connectivity index (χ3n) is 4.00. The molecule has 0 saturated heterocycles. The summed E-state index contributed by atoms with van der Waals surface area (Å²) in [5.74, 6) is 0.741. The molecule has 0 aliphatic carbocycles. The SMILES string of the molecule is CC(C)C(C)C(=O)N1CCc2c(N)cccc2C1. The van der Waals surface area contributed by atoms with Gasteiger partial charge in [-0.15, -0.1) is 0 Å². The quantitative estimate of drug-likeness (QED) is 0.815. The van der Waals surface area contributed by atoms with Gasteiger partial charge in [0.1, 0.15) is 0 Å². The minimum absolute atomic E-state index is 0.0904. The van der Waals surface area contributed by atoms with Crippen LogP contribution in [0.3, 0.4) is 0 Å². The Morgan fingerprint density at radius 1 is 1.33 bits per heavy atom. The van der Waals surface area contributed by atoms with Crippen molar-refractivity contribution in [1.29, 1.82) is 0 Å². The smallest absolute Gasteiger partial charge is 0.225 e. The van der Waals surface area contributed by atoms with Crippen molar-refractivity contribution < 1.29 is 4.79 Å². The topological polar surface area (TPSA) is 46.3 Å². The van der Waals surface area contributed by atoms with E-state index in [0.29, 0.717) is 12.5 Å². The first-order valence-corrected chi connectivity index (χ1v) is 6.65. The Labute approximate surface area is 109 Å². The van der Waals surface area contributed by atoms with Crippen LogP contribution in [0.2, 0.25) is 0 Å². The van der Waals surface area contributed by atoms with Gasteiger partial charge in [-0.3, -0.25) is 4.79 Å². The van der Waals surface area contributed by atoms with Crippen LogP contribution >= 0.6 is 0 Å². The van der Waals surface area contributed by atoms with Gasteiger partial charge >= 0.3 is 0 Å². The summed E-state index contributed by atoms with van der Waals surface area (Å²) >= 11 is 0. The number of anilines is 1. The van der Waals surface area contributed by atoms with Gasteiger partial charge in [0, 0.05) is 24.7 Å². The summed E-state index contributed by atoms with van der Waals surface area (Å²) in [4.78, 5) is 14.3. The van der Waals surface area contributed by atoms with Crippen molar-refractivity contribution in [3.8, 4) is 0 Å². The molecule has 1 aromatic rings. The third kappa shape index (κ3) is 2.35. The molecule has 18 heavy (non-hydrogen) atoms. The zero-order valence-corrected chi connectivity index (χ0v) is 11.4. The van der Waals surface area contributed by atoms with Gasteiger partial charge in [0.25, 0.3) is 0 Å². The number of nitrogens with two attached hydrogens (primary N) is 1. The van der Waals surface area contributed by atoms with Crippen molar-refractivity contribution in [3.05, 3.63) is 29.3 Å². The molecule has 1 atom stereocenters. The van der Waals surface area contributed by atoms with E-state index in [1.807, 2.05) is 24.0 Å². The first-order chi connectivity index (χ1) is 8.50. The highest BCUT2D eigenvalue weighted by molar-refractivity contribution is 5.79. The van der Waals surface area contributed by atoms with Crippen LogP contribution in [0.25, 0.3) is 0 Å². The van der Waals surface area contributed by atoms with Crippen molar-refractivity contribution in [2.24, 2.45) is 11.8 Å². The van der Waals surface area contributed by atoms with Crippen LogP contribution in [-0.4, -0.2) is 17.4 Å². The predicted molar refractivity (Wildman–Crippen MR) is 74.0 cm³/mol. The lowest BCUT2D eigenvalue weighted by Crippen LogP contribution is -2.40. The summed E-state index contributed by atoms with van der Waals surface area (Å²) in [6, 6.07) is 5.98. The molecular weight excluding hydrogens is 224 g/mol. The minimum Gasteiger partial charge on any atom is -0.398 e. The minimum atomic E-state index is 0.0904. The van der Waals surface area contributed by atoms with Gasteiger partial charge in [0.2, 0.25) is 5.91 Å². The Morgan fingerprint density at radius 2 is 2.06 bits per heavy atom. The molecule has 0 fully saturated rings. The number of carbonyl (C=O) groups is 1. The molecule has 3 nitrogen and oxygen atoms in total. The van der Waals surface area contributed by atoms with Gasteiger partial charge in [-0.05, 0) is 29.5 Å². The van der Waals surface area contributed by atoms with Gasteiger partial charge in [-0.2, -0.15) is 0 Å².